The smallest absolute Gasteiger partial charge is 0.102 e. The van der Waals surface area contributed by atoms with Crippen molar-refractivity contribution in [2.75, 3.05) is 19.8 Å². The lowest BCUT2D eigenvalue weighted by Gasteiger charge is -2.24. The molecule has 0 amide bonds. The Balaban J connectivity index is 2.40. The van der Waals surface area contributed by atoms with Crippen LogP contribution in [-0.2, 0) is 0 Å². The van der Waals surface area contributed by atoms with E-state index in [1.807, 2.05) is 0 Å². The molecule has 1 fully saturated rings. The quantitative estimate of drug-likeness (QED) is 0.723. The van der Waals surface area contributed by atoms with E-state index in [1.54, 1.807) is 0 Å². The van der Waals surface area contributed by atoms with Gasteiger partial charge in [-0.15, -0.1) is 0 Å². The summed E-state index contributed by atoms with van der Waals surface area (Å²) in [6, 6.07) is 0.394. The summed E-state index contributed by atoms with van der Waals surface area (Å²) in [5.41, 5.74) is 0. The molecule has 0 aromatic rings. The van der Waals surface area contributed by atoms with Crippen molar-refractivity contribution in [2.45, 2.75) is 38.8 Å². The van der Waals surface area contributed by atoms with E-state index in [1.165, 1.54) is 0 Å². The fourth-order valence-electron chi connectivity index (χ4n) is 2.13. The standard InChI is InChI=1S/C10H20FNO/c1-8(2)5-9-6-10(13)7-12(9)4-3-11/h8-10,13H,3-7H2,1-2H3/t9-,10+/m1/s1. The predicted molar refractivity (Wildman–Crippen MR) is 51.4 cm³/mol. The molecule has 1 heterocycles. The summed E-state index contributed by atoms with van der Waals surface area (Å²) in [5.74, 6) is 0.623. The number of likely N-dealkylation sites (tertiary alicyclic amines) is 1. The molecule has 1 saturated heterocycles. The van der Waals surface area contributed by atoms with Gasteiger partial charge in [0.1, 0.15) is 6.67 Å². The van der Waals surface area contributed by atoms with Crippen LogP contribution in [0.5, 0.6) is 0 Å². The van der Waals surface area contributed by atoms with Crippen LogP contribution in [0.3, 0.4) is 0 Å². The minimum atomic E-state index is -0.304. The summed E-state index contributed by atoms with van der Waals surface area (Å²) in [7, 11) is 0. The van der Waals surface area contributed by atoms with E-state index in [0.717, 1.165) is 12.8 Å². The van der Waals surface area contributed by atoms with Crippen LogP contribution in [0.2, 0.25) is 0 Å². The molecular weight excluding hydrogens is 169 g/mol. The molecule has 0 aromatic heterocycles. The van der Waals surface area contributed by atoms with E-state index in [4.69, 9.17) is 0 Å². The van der Waals surface area contributed by atoms with Crippen molar-refractivity contribution in [3.63, 3.8) is 0 Å². The molecule has 78 valence electrons. The van der Waals surface area contributed by atoms with E-state index < -0.39 is 0 Å². The van der Waals surface area contributed by atoms with E-state index in [-0.39, 0.29) is 12.8 Å². The second-order valence-electron chi connectivity index (χ2n) is 4.36. The van der Waals surface area contributed by atoms with Crippen molar-refractivity contribution in [2.24, 2.45) is 5.92 Å². The third kappa shape index (κ3) is 3.24. The zero-order chi connectivity index (χ0) is 9.84. The average molecular weight is 189 g/mol. The highest BCUT2D eigenvalue weighted by Crippen LogP contribution is 2.23. The molecule has 13 heavy (non-hydrogen) atoms. The number of aliphatic hydroxyl groups excluding tert-OH is 1. The summed E-state index contributed by atoms with van der Waals surface area (Å²) in [6.45, 7) is 5.16. The fraction of sp³-hybridized carbons (Fsp3) is 1.00. The van der Waals surface area contributed by atoms with Gasteiger partial charge in [0.15, 0.2) is 0 Å². The van der Waals surface area contributed by atoms with Gasteiger partial charge >= 0.3 is 0 Å². The van der Waals surface area contributed by atoms with Gasteiger partial charge in [-0.05, 0) is 18.8 Å². The van der Waals surface area contributed by atoms with Crippen LogP contribution in [0.15, 0.2) is 0 Å². The molecule has 1 N–H and O–H groups in total. The normalized spacial score (nSPS) is 30.2. The summed E-state index contributed by atoms with van der Waals surface area (Å²) < 4.78 is 12.2. The van der Waals surface area contributed by atoms with Crippen molar-refractivity contribution >= 4 is 0 Å². The number of nitrogens with zero attached hydrogens (tertiary/aromatic N) is 1. The topological polar surface area (TPSA) is 23.5 Å². The van der Waals surface area contributed by atoms with Gasteiger partial charge in [0.25, 0.3) is 0 Å². The molecule has 1 aliphatic rings. The van der Waals surface area contributed by atoms with Crippen LogP contribution in [0.4, 0.5) is 4.39 Å². The molecule has 0 aromatic carbocycles. The van der Waals surface area contributed by atoms with Crippen LogP contribution in [0.1, 0.15) is 26.7 Å². The molecule has 0 radical (unpaired) electrons. The fourth-order valence-corrected chi connectivity index (χ4v) is 2.13. The van der Waals surface area contributed by atoms with Crippen LogP contribution in [-0.4, -0.2) is 41.9 Å². The van der Waals surface area contributed by atoms with Crippen LogP contribution in [0, 0.1) is 5.92 Å². The Bertz CT molecular complexity index is 152. The summed E-state index contributed by atoms with van der Waals surface area (Å²) in [5, 5.41) is 9.45. The number of aliphatic hydroxyl groups is 1. The van der Waals surface area contributed by atoms with Gasteiger partial charge in [-0.2, -0.15) is 0 Å². The number of β-amino-alcohol motifs (C(OH)–C–C–N with tert-alkyl or cyclic N) is 1. The highest BCUT2D eigenvalue weighted by molar-refractivity contribution is 4.85. The van der Waals surface area contributed by atoms with E-state index in [2.05, 4.69) is 18.7 Å². The molecule has 2 nitrogen and oxygen atoms in total. The minimum absolute atomic E-state index is 0.240. The van der Waals surface area contributed by atoms with Crippen molar-refractivity contribution in [1.29, 1.82) is 0 Å². The molecule has 1 aliphatic heterocycles. The van der Waals surface area contributed by atoms with Gasteiger partial charge in [0.05, 0.1) is 6.10 Å². The van der Waals surface area contributed by atoms with Crippen molar-refractivity contribution in [1.82, 2.24) is 4.90 Å². The average Bonchev–Trinajstić information content (AvgIpc) is 2.31. The summed E-state index contributed by atoms with van der Waals surface area (Å²) >= 11 is 0. The first-order valence-corrected chi connectivity index (χ1v) is 5.11. The number of hydrogen-bond acceptors (Lipinski definition) is 2. The first-order valence-electron chi connectivity index (χ1n) is 5.11. The number of alkyl halides is 1. The van der Waals surface area contributed by atoms with E-state index >= 15 is 0 Å². The molecular formula is C10H20FNO. The zero-order valence-electron chi connectivity index (χ0n) is 8.54. The van der Waals surface area contributed by atoms with Gasteiger partial charge in [-0.3, -0.25) is 4.90 Å². The lowest BCUT2D eigenvalue weighted by molar-refractivity contribution is 0.169. The molecule has 1 rings (SSSR count). The maximum absolute atomic E-state index is 12.2. The number of rotatable bonds is 4. The van der Waals surface area contributed by atoms with Gasteiger partial charge in [0, 0.05) is 19.1 Å². The lowest BCUT2D eigenvalue weighted by Crippen LogP contribution is -2.32. The number of halogens is 1. The molecule has 0 aliphatic carbocycles. The van der Waals surface area contributed by atoms with Crippen LogP contribution >= 0.6 is 0 Å². The second-order valence-corrected chi connectivity index (χ2v) is 4.36. The minimum Gasteiger partial charge on any atom is -0.392 e. The summed E-state index contributed by atoms with van der Waals surface area (Å²) in [6.07, 6.45) is 1.64. The molecule has 2 atom stereocenters. The third-order valence-corrected chi connectivity index (χ3v) is 2.62. The third-order valence-electron chi connectivity index (χ3n) is 2.62. The molecule has 0 unspecified atom stereocenters. The monoisotopic (exact) mass is 189 g/mol. The predicted octanol–water partition coefficient (Wildman–Crippen LogP) is 1.44. The molecule has 0 spiro atoms. The second kappa shape index (κ2) is 4.91. The first kappa shape index (κ1) is 10.9. The van der Waals surface area contributed by atoms with Crippen LogP contribution in [0.25, 0.3) is 0 Å². The Morgan fingerprint density at radius 1 is 1.54 bits per heavy atom. The number of hydrogen-bond donors (Lipinski definition) is 1. The molecule has 0 saturated carbocycles. The van der Waals surface area contributed by atoms with Gasteiger partial charge in [0.2, 0.25) is 0 Å². The van der Waals surface area contributed by atoms with Gasteiger partial charge in [-0.25, -0.2) is 4.39 Å². The largest absolute Gasteiger partial charge is 0.392 e. The zero-order valence-corrected chi connectivity index (χ0v) is 8.54. The van der Waals surface area contributed by atoms with Crippen molar-refractivity contribution in [3.05, 3.63) is 0 Å². The van der Waals surface area contributed by atoms with Crippen molar-refractivity contribution in [3.8, 4) is 0 Å². The highest BCUT2D eigenvalue weighted by atomic mass is 19.1. The van der Waals surface area contributed by atoms with Gasteiger partial charge < -0.3 is 5.11 Å². The SMILES string of the molecule is CC(C)C[C@@H]1C[C@H](O)CN1CCF. The highest BCUT2D eigenvalue weighted by Gasteiger charge is 2.30. The summed E-state index contributed by atoms with van der Waals surface area (Å²) in [4.78, 5) is 2.07. The maximum Gasteiger partial charge on any atom is 0.102 e. The van der Waals surface area contributed by atoms with Gasteiger partial charge in [-0.1, -0.05) is 13.8 Å². The Labute approximate surface area is 79.7 Å². The molecule has 0 bridgehead atoms. The Kier molecular flexibility index (Phi) is 4.13. The van der Waals surface area contributed by atoms with E-state index in [9.17, 15) is 9.50 Å². The van der Waals surface area contributed by atoms with E-state index in [0.29, 0.717) is 25.0 Å². The van der Waals surface area contributed by atoms with Crippen LogP contribution < -0.4 is 0 Å². The van der Waals surface area contributed by atoms with Crippen molar-refractivity contribution < 1.29 is 9.50 Å². The lowest BCUT2D eigenvalue weighted by atomic mass is 10.0. The Morgan fingerprint density at radius 3 is 2.77 bits per heavy atom. The first-order chi connectivity index (χ1) is 6.13. The molecule has 3 heteroatoms. The maximum atomic E-state index is 12.2. The Hall–Kier alpha value is -0.150. The Morgan fingerprint density at radius 2 is 2.23 bits per heavy atom.